The number of thioether (sulfide) groups is 6. The SMILES string of the molecule is C=C(C)C(=O)SCC1CSC(Cc2cccc(CC3SCC(CSC(=O)C(=C)C)S3)c2)S1. The third kappa shape index (κ3) is 8.73. The van der Waals surface area contributed by atoms with E-state index in [1.54, 1.807) is 13.8 Å². The topological polar surface area (TPSA) is 34.1 Å². The third-order valence-corrected chi connectivity index (χ3v) is 14.2. The highest BCUT2D eigenvalue weighted by Crippen LogP contribution is 2.43. The van der Waals surface area contributed by atoms with Gasteiger partial charge in [-0.25, -0.2) is 0 Å². The van der Waals surface area contributed by atoms with E-state index in [2.05, 4.69) is 37.4 Å². The number of hydrogen-bond donors (Lipinski definition) is 0. The first-order chi connectivity index (χ1) is 15.3. The number of carbonyl (C=O) groups excluding carboxylic acids is 2. The van der Waals surface area contributed by atoms with E-state index in [1.807, 2.05) is 47.0 Å². The average Bonchev–Trinajstić information content (AvgIpc) is 3.39. The maximum absolute atomic E-state index is 11.8. The summed E-state index contributed by atoms with van der Waals surface area (Å²) in [5, 5.41) is 1.33. The Balaban J connectivity index is 1.42. The van der Waals surface area contributed by atoms with Gasteiger partial charge in [-0.3, -0.25) is 9.59 Å². The Hall–Kier alpha value is 0.140. The molecule has 32 heavy (non-hydrogen) atoms. The van der Waals surface area contributed by atoms with Crippen molar-refractivity contribution in [2.45, 2.75) is 46.4 Å². The van der Waals surface area contributed by atoms with Gasteiger partial charge in [-0.15, -0.1) is 47.0 Å². The lowest BCUT2D eigenvalue weighted by Crippen LogP contribution is -2.08. The van der Waals surface area contributed by atoms with E-state index in [9.17, 15) is 9.59 Å². The van der Waals surface area contributed by atoms with Crippen molar-refractivity contribution in [2.75, 3.05) is 23.0 Å². The molecule has 0 amide bonds. The second kappa shape index (κ2) is 13.3. The molecule has 0 spiro atoms. The van der Waals surface area contributed by atoms with Gasteiger partial charge in [0, 0.05) is 33.5 Å². The standard InChI is InChI=1S/C24H30O2S6/c1-15(2)23(25)29-13-19-11-27-21(31-19)9-17-6-5-7-18(8-17)10-22-28-12-20(32-22)14-30-24(26)16(3)4/h5-8,19-22H,1,3,9-14H2,2,4H3. The number of hydrogen-bond acceptors (Lipinski definition) is 8. The van der Waals surface area contributed by atoms with Crippen LogP contribution in [0, 0.1) is 0 Å². The summed E-state index contributed by atoms with van der Waals surface area (Å²) >= 11 is 10.9. The normalized spacial score (nSPS) is 25.1. The van der Waals surface area contributed by atoms with Gasteiger partial charge in [0.2, 0.25) is 10.2 Å². The zero-order valence-corrected chi connectivity index (χ0v) is 23.4. The lowest BCUT2D eigenvalue weighted by molar-refractivity contribution is -0.108. The number of rotatable bonds is 10. The Morgan fingerprint density at radius 2 is 1.31 bits per heavy atom. The summed E-state index contributed by atoms with van der Waals surface area (Å²) in [5.41, 5.74) is 4.10. The van der Waals surface area contributed by atoms with Gasteiger partial charge in [-0.05, 0) is 49.0 Å². The van der Waals surface area contributed by atoms with Crippen molar-refractivity contribution in [2.24, 2.45) is 0 Å². The molecule has 0 N–H and O–H groups in total. The molecule has 174 valence electrons. The highest BCUT2D eigenvalue weighted by atomic mass is 32.2. The largest absolute Gasteiger partial charge is 0.282 e. The Labute approximate surface area is 218 Å². The van der Waals surface area contributed by atoms with Gasteiger partial charge in [-0.2, -0.15) is 0 Å². The molecule has 2 fully saturated rings. The third-order valence-electron chi connectivity index (χ3n) is 4.92. The maximum atomic E-state index is 11.8. The summed E-state index contributed by atoms with van der Waals surface area (Å²) in [6, 6.07) is 9.06. The van der Waals surface area contributed by atoms with Crippen molar-refractivity contribution in [3.63, 3.8) is 0 Å². The van der Waals surface area contributed by atoms with Gasteiger partial charge in [0.15, 0.2) is 0 Å². The number of carbonyl (C=O) groups is 2. The van der Waals surface area contributed by atoms with Crippen molar-refractivity contribution in [1.82, 2.24) is 0 Å². The minimum atomic E-state index is 0.123. The van der Waals surface area contributed by atoms with E-state index in [1.165, 1.54) is 34.7 Å². The van der Waals surface area contributed by atoms with Crippen LogP contribution in [0.15, 0.2) is 48.6 Å². The molecule has 0 aromatic heterocycles. The van der Waals surface area contributed by atoms with Gasteiger partial charge in [0.25, 0.3) is 0 Å². The minimum absolute atomic E-state index is 0.123. The van der Waals surface area contributed by atoms with Gasteiger partial charge < -0.3 is 0 Å². The van der Waals surface area contributed by atoms with Crippen molar-refractivity contribution in [1.29, 1.82) is 0 Å². The van der Waals surface area contributed by atoms with E-state index < -0.39 is 0 Å². The van der Waals surface area contributed by atoms with Gasteiger partial charge in [-0.1, -0.05) is 60.9 Å². The predicted molar refractivity (Wildman–Crippen MR) is 154 cm³/mol. The minimum Gasteiger partial charge on any atom is -0.282 e. The smallest absolute Gasteiger partial charge is 0.214 e. The first-order valence-corrected chi connectivity index (χ1v) is 16.5. The Bertz CT molecular complexity index is 789. The summed E-state index contributed by atoms with van der Waals surface area (Å²) in [5.74, 6) is 4.00. The highest BCUT2D eigenvalue weighted by Gasteiger charge is 2.28. The first-order valence-electron chi connectivity index (χ1n) is 10.6. The van der Waals surface area contributed by atoms with Crippen LogP contribution in [0.3, 0.4) is 0 Å². The van der Waals surface area contributed by atoms with Gasteiger partial charge >= 0.3 is 0 Å². The fourth-order valence-corrected chi connectivity index (χ4v) is 12.3. The molecule has 0 radical (unpaired) electrons. The van der Waals surface area contributed by atoms with E-state index in [-0.39, 0.29) is 10.2 Å². The zero-order valence-electron chi connectivity index (χ0n) is 18.5. The highest BCUT2D eigenvalue weighted by molar-refractivity contribution is 8.22. The lowest BCUT2D eigenvalue weighted by Gasteiger charge is -2.13. The van der Waals surface area contributed by atoms with Crippen molar-refractivity contribution in [3.05, 3.63) is 59.7 Å². The molecule has 0 aliphatic carbocycles. The maximum Gasteiger partial charge on any atom is 0.214 e. The second-order valence-corrected chi connectivity index (χ2v) is 16.1. The molecule has 2 aliphatic heterocycles. The van der Waals surface area contributed by atoms with Crippen LogP contribution in [0.1, 0.15) is 25.0 Å². The Morgan fingerprint density at radius 3 is 1.72 bits per heavy atom. The van der Waals surface area contributed by atoms with E-state index in [0.717, 1.165) is 35.9 Å². The molecule has 2 aliphatic rings. The molecule has 0 saturated carbocycles. The Kier molecular flexibility index (Phi) is 11.1. The molecule has 0 bridgehead atoms. The molecule has 2 heterocycles. The van der Waals surface area contributed by atoms with E-state index in [4.69, 9.17) is 0 Å². The molecule has 1 aromatic carbocycles. The predicted octanol–water partition coefficient (Wildman–Crippen LogP) is 6.79. The fraction of sp³-hybridized carbons (Fsp3) is 0.500. The molecular weight excluding hydrogens is 513 g/mol. The van der Waals surface area contributed by atoms with Crippen LogP contribution in [0.4, 0.5) is 0 Å². The number of benzene rings is 1. The van der Waals surface area contributed by atoms with Crippen molar-refractivity contribution >= 4 is 80.8 Å². The fourth-order valence-electron chi connectivity index (χ4n) is 3.26. The molecule has 2 saturated heterocycles. The second-order valence-electron chi connectivity index (χ2n) is 8.03. The van der Waals surface area contributed by atoms with Crippen LogP contribution in [-0.4, -0.2) is 52.9 Å². The van der Waals surface area contributed by atoms with Crippen LogP contribution >= 0.6 is 70.6 Å². The monoisotopic (exact) mass is 542 g/mol. The Morgan fingerprint density at radius 1 is 0.875 bits per heavy atom. The van der Waals surface area contributed by atoms with Gasteiger partial charge in [0.1, 0.15) is 0 Å². The van der Waals surface area contributed by atoms with Crippen LogP contribution in [0.2, 0.25) is 0 Å². The average molecular weight is 543 g/mol. The first kappa shape index (κ1) is 26.7. The molecule has 4 unspecified atom stereocenters. The zero-order chi connectivity index (χ0) is 23.1. The molecule has 4 atom stereocenters. The quantitative estimate of drug-likeness (QED) is 0.299. The van der Waals surface area contributed by atoms with Crippen molar-refractivity contribution in [3.8, 4) is 0 Å². The molecule has 3 rings (SSSR count). The van der Waals surface area contributed by atoms with Crippen LogP contribution in [0.25, 0.3) is 0 Å². The summed E-state index contributed by atoms with van der Waals surface area (Å²) in [4.78, 5) is 23.6. The van der Waals surface area contributed by atoms with E-state index >= 15 is 0 Å². The summed E-state index contributed by atoms with van der Waals surface area (Å²) in [6.07, 6.45) is 2.15. The van der Waals surface area contributed by atoms with Crippen LogP contribution in [0.5, 0.6) is 0 Å². The molecular formula is C24H30O2S6. The summed E-state index contributed by atoms with van der Waals surface area (Å²) in [7, 11) is 0. The summed E-state index contributed by atoms with van der Waals surface area (Å²) < 4.78 is 1.14. The molecule has 2 nitrogen and oxygen atoms in total. The van der Waals surface area contributed by atoms with E-state index in [0.29, 0.717) is 30.8 Å². The van der Waals surface area contributed by atoms with Crippen LogP contribution < -0.4 is 0 Å². The summed E-state index contributed by atoms with van der Waals surface area (Å²) in [6.45, 7) is 11.0. The van der Waals surface area contributed by atoms with Crippen LogP contribution in [-0.2, 0) is 22.4 Å². The molecule has 8 heteroatoms. The van der Waals surface area contributed by atoms with Crippen molar-refractivity contribution < 1.29 is 9.59 Å². The van der Waals surface area contributed by atoms with Gasteiger partial charge in [0.05, 0.1) is 9.16 Å². The molecule has 1 aromatic rings. The lowest BCUT2D eigenvalue weighted by atomic mass is 10.1.